The topological polar surface area (TPSA) is 16.1 Å². The van der Waals surface area contributed by atoms with Crippen molar-refractivity contribution < 1.29 is 8.78 Å². The van der Waals surface area contributed by atoms with Gasteiger partial charge in [0.2, 0.25) is 0 Å². The van der Waals surface area contributed by atoms with Crippen molar-refractivity contribution in [3.8, 4) is 0 Å². The molecule has 0 fully saturated rings. The van der Waals surface area contributed by atoms with Crippen molar-refractivity contribution >= 4 is 28.1 Å². The van der Waals surface area contributed by atoms with E-state index in [0.717, 1.165) is 12.1 Å². The highest BCUT2D eigenvalue weighted by molar-refractivity contribution is 7.13. The van der Waals surface area contributed by atoms with Gasteiger partial charge in [-0.15, -0.1) is 22.9 Å². The summed E-state index contributed by atoms with van der Waals surface area (Å²) in [5, 5.41) is 2.52. The molecule has 6 heteroatoms. The van der Waals surface area contributed by atoms with Crippen molar-refractivity contribution in [3.63, 3.8) is 0 Å². The Kier molecular flexibility index (Phi) is 5.25. The number of halogens is 3. The zero-order chi connectivity index (χ0) is 11.3. The summed E-state index contributed by atoms with van der Waals surface area (Å²) in [5.74, 6) is 0.327. The Labute approximate surface area is 96.9 Å². The third-order valence-electron chi connectivity index (χ3n) is 1.89. The van der Waals surface area contributed by atoms with E-state index in [1.807, 2.05) is 12.3 Å². The molecule has 1 aromatic rings. The molecule has 0 bridgehead atoms. The van der Waals surface area contributed by atoms with Crippen molar-refractivity contribution in [3.05, 3.63) is 11.1 Å². The minimum Gasteiger partial charge on any atom is -0.341 e. The molecule has 0 aromatic carbocycles. The number of nitrogens with zero attached hydrogens (tertiary/aromatic N) is 2. The Bertz CT molecular complexity index is 293. The number of aryl methyl sites for hydroxylation is 1. The maximum atomic E-state index is 12.3. The highest BCUT2D eigenvalue weighted by Gasteiger charge is 2.15. The first kappa shape index (κ1) is 12.6. The second-order valence-electron chi connectivity index (χ2n) is 3.00. The van der Waals surface area contributed by atoms with Crippen molar-refractivity contribution in [2.24, 2.45) is 0 Å². The Morgan fingerprint density at radius 1 is 1.60 bits per heavy atom. The summed E-state index contributed by atoms with van der Waals surface area (Å²) in [6.07, 6.45) is -1.54. The smallest absolute Gasteiger partial charge is 0.255 e. The van der Waals surface area contributed by atoms with Gasteiger partial charge in [0.25, 0.3) is 6.43 Å². The average molecular weight is 255 g/mol. The van der Waals surface area contributed by atoms with Gasteiger partial charge in [-0.3, -0.25) is 0 Å². The molecule has 0 amide bonds. The maximum Gasteiger partial charge on any atom is 0.255 e. The molecule has 1 heterocycles. The van der Waals surface area contributed by atoms with Crippen molar-refractivity contribution in [2.45, 2.75) is 19.8 Å². The van der Waals surface area contributed by atoms with Crippen LogP contribution in [0.5, 0.6) is 0 Å². The van der Waals surface area contributed by atoms with Crippen LogP contribution in [0.2, 0.25) is 0 Å². The Hall–Kier alpha value is -0.420. The van der Waals surface area contributed by atoms with E-state index in [-0.39, 0.29) is 6.54 Å². The minimum atomic E-state index is -2.36. The van der Waals surface area contributed by atoms with Gasteiger partial charge in [-0.25, -0.2) is 13.8 Å². The largest absolute Gasteiger partial charge is 0.341 e. The van der Waals surface area contributed by atoms with Gasteiger partial charge in [0.1, 0.15) is 0 Å². The SMILES string of the molecule is CCc1csc(N(CCCl)CC(F)F)n1. The summed E-state index contributed by atoms with van der Waals surface area (Å²) in [4.78, 5) is 5.78. The fourth-order valence-corrected chi connectivity index (χ4v) is 2.29. The summed E-state index contributed by atoms with van der Waals surface area (Å²) < 4.78 is 24.5. The van der Waals surface area contributed by atoms with E-state index in [9.17, 15) is 8.78 Å². The molecule has 15 heavy (non-hydrogen) atoms. The van der Waals surface area contributed by atoms with Gasteiger partial charge in [0, 0.05) is 17.8 Å². The summed E-state index contributed by atoms with van der Waals surface area (Å²) in [6, 6.07) is 0. The van der Waals surface area contributed by atoms with Gasteiger partial charge in [-0.2, -0.15) is 0 Å². The zero-order valence-corrected chi connectivity index (χ0v) is 9.99. The van der Waals surface area contributed by atoms with Crippen LogP contribution in [-0.2, 0) is 6.42 Å². The van der Waals surface area contributed by atoms with Crippen molar-refractivity contribution in [2.75, 3.05) is 23.9 Å². The molecule has 0 saturated carbocycles. The standard InChI is InChI=1S/C9H13ClF2N2S/c1-2-7-6-15-9(13-7)14(4-3-10)5-8(11)12/h6,8H,2-5H2,1H3. The molecule has 86 valence electrons. The normalized spacial score (nSPS) is 11.0. The van der Waals surface area contributed by atoms with Crippen molar-refractivity contribution in [1.82, 2.24) is 4.98 Å². The van der Waals surface area contributed by atoms with Crippen molar-refractivity contribution in [1.29, 1.82) is 0 Å². The first-order chi connectivity index (χ1) is 7.17. The van der Waals surface area contributed by atoms with E-state index in [0.29, 0.717) is 17.6 Å². The van der Waals surface area contributed by atoms with Crippen LogP contribution in [0.15, 0.2) is 5.38 Å². The first-order valence-corrected chi connectivity index (χ1v) is 6.12. The molecular formula is C9H13ClF2N2S. The van der Waals surface area contributed by atoms with Gasteiger partial charge in [0.05, 0.1) is 12.2 Å². The van der Waals surface area contributed by atoms with Crippen LogP contribution in [-0.4, -0.2) is 30.4 Å². The summed E-state index contributed by atoms with van der Waals surface area (Å²) in [6.45, 7) is 2.09. The fourth-order valence-electron chi connectivity index (χ4n) is 1.14. The summed E-state index contributed by atoms with van der Waals surface area (Å²) in [7, 11) is 0. The number of anilines is 1. The second-order valence-corrected chi connectivity index (χ2v) is 4.22. The minimum absolute atomic E-state index is 0.302. The van der Waals surface area contributed by atoms with Crippen LogP contribution in [0.1, 0.15) is 12.6 Å². The molecule has 0 N–H and O–H groups in total. The average Bonchev–Trinajstić information content (AvgIpc) is 2.64. The molecular weight excluding hydrogens is 242 g/mol. The number of thiazole rings is 1. The molecule has 1 rings (SSSR count). The quantitative estimate of drug-likeness (QED) is 0.726. The highest BCUT2D eigenvalue weighted by Crippen LogP contribution is 2.21. The van der Waals surface area contributed by atoms with E-state index >= 15 is 0 Å². The molecule has 0 aliphatic rings. The number of hydrogen-bond acceptors (Lipinski definition) is 3. The Balaban J connectivity index is 2.69. The first-order valence-electron chi connectivity index (χ1n) is 4.70. The summed E-state index contributed by atoms with van der Waals surface area (Å²) >= 11 is 6.95. The third-order valence-corrected chi connectivity index (χ3v) is 3.00. The molecule has 0 unspecified atom stereocenters. The van der Waals surface area contributed by atoms with Crippen LogP contribution in [0.3, 0.4) is 0 Å². The van der Waals surface area contributed by atoms with Crippen LogP contribution in [0.25, 0.3) is 0 Å². The highest BCUT2D eigenvalue weighted by atomic mass is 35.5. The molecule has 1 aromatic heterocycles. The van der Waals surface area contributed by atoms with E-state index in [1.165, 1.54) is 16.2 Å². The van der Waals surface area contributed by atoms with Gasteiger partial charge in [0.15, 0.2) is 5.13 Å². The third kappa shape index (κ3) is 3.91. The lowest BCUT2D eigenvalue weighted by atomic mass is 10.4. The lowest BCUT2D eigenvalue weighted by Crippen LogP contribution is -2.30. The molecule has 0 aliphatic heterocycles. The number of rotatable bonds is 6. The lowest BCUT2D eigenvalue weighted by molar-refractivity contribution is 0.155. The molecule has 0 saturated heterocycles. The molecule has 2 nitrogen and oxygen atoms in total. The predicted octanol–water partition coefficient (Wildman–Crippen LogP) is 3.02. The van der Waals surface area contributed by atoms with E-state index < -0.39 is 6.43 Å². The molecule has 0 atom stereocenters. The molecule has 0 spiro atoms. The van der Waals surface area contributed by atoms with E-state index in [1.54, 1.807) is 0 Å². The van der Waals surface area contributed by atoms with Gasteiger partial charge in [-0.05, 0) is 6.42 Å². The molecule has 0 radical (unpaired) electrons. The number of hydrogen-bond donors (Lipinski definition) is 0. The van der Waals surface area contributed by atoms with Gasteiger partial charge >= 0.3 is 0 Å². The number of aromatic nitrogens is 1. The maximum absolute atomic E-state index is 12.3. The predicted molar refractivity (Wildman–Crippen MR) is 60.4 cm³/mol. The zero-order valence-electron chi connectivity index (χ0n) is 8.42. The van der Waals surface area contributed by atoms with Crippen LogP contribution in [0, 0.1) is 0 Å². The lowest BCUT2D eigenvalue weighted by Gasteiger charge is -2.19. The van der Waals surface area contributed by atoms with E-state index in [2.05, 4.69) is 4.98 Å². The Morgan fingerprint density at radius 3 is 2.80 bits per heavy atom. The van der Waals surface area contributed by atoms with Gasteiger partial charge < -0.3 is 4.90 Å². The monoisotopic (exact) mass is 254 g/mol. The molecule has 0 aliphatic carbocycles. The second kappa shape index (κ2) is 6.23. The summed E-state index contributed by atoms with van der Waals surface area (Å²) in [5.41, 5.74) is 0.934. The van der Waals surface area contributed by atoms with Gasteiger partial charge in [-0.1, -0.05) is 6.92 Å². The van der Waals surface area contributed by atoms with Crippen LogP contribution < -0.4 is 4.90 Å². The van der Waals surface area contributed by atoms with Crippen LogP contribution in [0.4, 0.5) is 13.9 Å². The van der Waals surface area contributed by atoms with E-state index in [4.69, 9.17) is 11.6 Å². The fraction of sp³-hybridized carbons (Fsp3) is 0.667. The number of alkyl halides is 3. The van der Waals surface area contributed by atoms with Crippen LogP contribution >= 0.6 is 22.9 Å². The Morgan fingerprint density at radius 2 is 2.33 bits per heavy atom.